The number of carbonyl (C=O) groups is 1. The Hall–Kier alpha value is -2.13. The molecule has 2 aromatic rings. The van der Waals surface area contributed by atoms with Gasteiger partial charge in [0, 0.05) is 0 Å². The molecule has 2 atom stereocenters. The molecule has 0 spiro atoms. The Kier molecular flexibility index (Phi) is 3.66. The van der Waals surface area contributed by atoms with Crippen LogP contribution in [0.2, 0.25) is 0 Å². The van der Waals surface area contributed by atoms with E-state index in [0.717, 1.165) is 24.8 Å². The average Bonchev–Trinajstić information content (AvgIpc) is 3.33. The molecule has 1 aliphatic heterocycles. The Morgan fingerprint density at radius 1 is 1.13 bits per heavy atom. The van der Waals surface area contributed by atoms with Crippen molar-refractivity contribution in [3.8, 4) is 11.1 Å². The van der Waals surface area contributed by atoms with Crippen molar-refractivity contribution >= 4 is 5.97 Å². The lowest BCUT2D eigenvalue weighted by Crippen LogP contribution is -2.27. The molecule has 118 valence electrons. The SMILES string of the molecule is Cc1ccc(C2OC2C(=O)OC2CCC2)cc1-c1ccccc1. The molecule has 1 heterocycles. The van der Waals surface area contributed by atoms with Crippen LogP contribution in [0.25, 0.3) is 11.1 Å². The minimum Gasteiger partial charge on any atom is -0.460 e. The first-order valence-corrected chi connectivity index (χ1v) is 8.24. The van der Waals surface area contributed by atoms with Crippen molar-refractivity contribution in [2.24, 2.45) is 0 Å². The van der Waals surface area contributed by atoms with Gasteiger partial charge in [0.15, 0.2) is 6.10 Å². The third kappa shape index (κ3) is 2.89. The number of ether oxygens (including phenoxy) is 2. The van der Waals surface area contributed by atoms with Crippen molar-refractivity contribution in [1.29, 1.82) is 0 Å². The van der Waals surface area contributed by atoms with Gasteiger partial charge in [0.25, 0.3) is 0 Å². The van der Waals surface area contributed by atoms with Gasteiger partial charge in [0.05, 0.1) is 0 Å². The van der Waals surface area contributed by atoms with Crippen LogP contribution in [0, 0.1) is 6.92 Å². The molecule has 1 aliphatic carbocycles. The molecule has 2 fully saturated rings. The molecule has 1 saturated heterocycles. The topological polar surface area (TPSA) is 38.8 Å². The van der Waals surface area contributed by atoms with Gasteiger partial charge in [-0.25, -0.2) is 4.79 Å². The van der Waals surface area contributed by atoms with Gasteiger partial charge < -0.3 is 9.47 Å². The summed E-state index contributed by atoms with van der Waals surface area (Å²) in [7, 11) is 0. The summed E-state index contributed by atoms with van der Waals surface area (Å²) >= 11 is 0. The number of esters is 1. The molecular formula is C20H20O3. The van der Waals surface area contributed by atoms with E-state index in [-0.39, 0.29) is 18.2 Å². The molecule has 1 saturated carbocycles. The van der Waals surface area contributed by atoms with Crippen molar-refractivity contribution in [3.05, 3.63) is 59.7 Å². The lowest BCUT2D eigenvalue weighted by molar-refractivity contribution is -0.154. The smallest absolute Gasteiger partial charge is 0.338 e. The van der Waals surface area contributed by atoms with Crippen LogP contribution in [-0.4, -0.2) is 18.2 Å². The zero-order chi connectivity index (χ0) is 15.8. The third-order valence-corrected chi connectivity index (χ3v) is 4.73. The summed E-state index contributed by atoms with van der Waals surface area (Å²) in [4.78, 5) is 12.1. The van der Waals surface area contributed by atoms with Crippen LogP contribution in [0.3, 0.4) is 0 Å². The van der Waals surface area contributed by atoms with Crippen LogP contribution in [0.4, 0.5) is 0 Å². The molecular weight excluding hydrogens is 288 g/mol. The van der Waals surface area contributed by atoms with E-state index >= 15 is 0 Å². The van der Waals surface area contributed by atoms with Gasteiger partial charge in [0.1, 0.15) is 12.2 Å². The standard InChI is InChI=1S/C20H20O3/c1-13-10-11-15(12-17(13)14-6-3-2-4-7-14)18-19(23-18)20(21)22-16-8-5-9-16/h2-4,6-7,10-12,16,18-19H,5,8-9H2,1H3. The first-order valence-electron chi connectivity index (χ1n) is 8.24. The van der Waals surface area contributed by atoms with Crippen LogP contribution in [0.1, 0.15) is 36.5 Å². The third-order valence-electron chi connectivity index (χ3n) is 4.73. The Balaban J connectivity index is 1.51. The fourth-order valence-corrected chi connectivity index (χ4v) is 3.01. The van der Waals surface area contributed by atoms with Gasteiger partial charge in [-0.2, -0.15) is 0 Å². The number of rotatable bonds is 4. The minimum atomic E-state index is -0.429. The average molecular weight is 308 g/mol. The first kappa shape index (κ1) is 14.5. The highest BCUT2D eigenvalue weighted by Gasteiger charge is 2.48. The molecule has 2 aromatic carbocycles. The quantitative estimate of drug-likeness (QED) is 0.628. The van der Waals surface area contributed by atoms with E-state index in [4.69, 9.17) is 9.47 Å². The highest BCUT2D eigenvalue weighted by molar-refractivity contribution is 5.79. The van der Waals surface area contributed by atoms with E-state index < -0.39 is 6.10 Å². The number of hydrogen-bond donors (Lipinski definition) is 0. The van der Waals surface area contributed by atoms with Crippen molar-refractivity contribution in [2.45, 2.75) is 44.5 Å². The second-order valence-electron chi connectivity index (χ2n) is 6.41. The summed E-state index contributed by atoms with van der Waals surface area (Å²) in [6, 6.07) is 16.5. The van der Waals surface area contributed by atoms with Gasteiger partial charge in [-0.3, -0.25) is 0 Å². The maximum atomic E-state index is 12.1. The predicted octanol–water partition coefficient (Wildman–Crippen LogP) is 4.20. The van der Waals surface area contributed by atoms with E-state index in [2.05, 4.69) is 31.2 Å². The van der Waals surface area contributed by atoms with E-state index in [1.807, 2.05) is 24.3 Å². The van der Waals surface area contributed by atoms with Crippen LogP contribution >= 0.6 is 0 Å². The summed E-state index contributed by atoms with van der Waals surface area (Å²) in [6.07, 6.45) is 2.67. The van der Waals surface area contributed by atoms with Gasteiger partial charge in [-0.1, -0.05) is 42.5 Å². The molecule has 0 amide bonds. The lowest BCUT2D eigenvalue weighted by atomic mass is 9.96. The zero-order valence-electron chi connectivity index (χ0n) is 13.2. The van der Waals surface area contributed by atoms with Crippen molar-refractivity contribution < 1.29 is 14.3 Å². The highest BCUT2D eigenvalue weighted by atomic mass is 16.6. The summed E-state index contributed by atoms with van der Waals surface area (Å²) in [5.74, 6) is -0.207. The van der Waals surface area contributed by atoms with Crippen molar-refractivity contribution in [2.75, 3.05) is 0 Å². The molecule has 2 unspecified atom stereocenters. The molecule has 0 aromatic heterocycles. The summed E-state index contributed by atoms with van der Waals surface area (Å²) in [5.41, 5.74) is 4.63. The fourth-order valence-electron chi connectivity index (χ4n) is 3.01. The first-order chi connectivity index (χ1) is 11.2. The van der Waals surface area contributed by atoms with Gasteiger partial charge in [-0.15, -0.1) is 0 Å². The van der Waals surface area contributed by atoms with E-state index in [0.29, 0.717) is 0 Å². The van der Waals surface area contributed by atoms with E-state index in [1.165, 1.54) is 16.7 Å². The molecule has 2 aliphatic rings. The highest BCUT2D eigenvalue weighted by Crippen LogP contribution is 2.42. The van der Waals surface area contributed by atoms with Crippen LogP contribution in [0.15, 0.2) is 48.5 Å². The summed E-state index contributed by atoms with van der Waals surface area (Å²) in [6.45, 7) is 2.10. The van der Waals surface area contributed by atoms with Crippen molar-refractivity contribution in [3.63, 3.8) is 0 Å². The number of carbonyl (C=O) groups excluding carboxylic acids is 1. The Labute approximate surface area is 136 Å². The zero-order valence-corrected chi connectivity index (χ0v) is 13.2. The molecule has 23 heavy (non-hydrogen) atoms. The number of epoxide rings is 1. The number of hydrogen-bond acceptors (Lipinski definition) is 3. The maximum Gasteiger partial charge on any atom is 0.338 e. The van der Waals surface area contributed by atoms with Crippen LogP contribution in [-0.2, 0) is 14.3 Å². The Bertz CT molecular complexity index is 719. The van der Waals surface area contributed by atoms with E-state index in [9.17, 15) is 4.79 Å². The Morgan fingerprint density at radius 3 is 2.61 bits per heavy atom. The summed E-state index contributed by atoms with van der Waals surface area (Å²) < 4.78 is 11.0. The predicted molar refractivity (Wildman–Crippen MR) is 88.0 cm³/mol. The molecule has 3 heteroatoms. The molecule has 3 nitrogen and oxygen atoms in total. The molecule has 4 rings (SSSR count). The molecule has 0 radical (unpaired) electrons. The largest absolute Gasteiger partial charge is 0.460 e. The molecule has 0 N–H and O–H groups in total. The van der Waals surface area contributed by atoms with Gasteiger partial charge >= 0.3 is 5.97 Å². The minimum absolute atomic E-state index is 0.116. The Morgan fingerprint density at radius 2 is 1.91 bits per heavy atom. The lowest BCUT2D eigenvalue weighted by Gasteiger charge is -2.24. The van der Waals surface area contributed by atoms with Gasteiger partial charge in [0.2, 0.25) is 0 Å². The van der Waals surface area contributed by atoms with E-state index in [1.54, 1.807) is 0 Å². The number of benzene rings is 2. The maximum absolute atomic E-state index is 12.1. The second-order valence-corrected chi connectivity index (χ2v) is 6.41. The molecule has 0 bridgehead atoms. The summed E-state index contributed by atoms with van der Waals surface area (Å²) in [5, 5.41) is 0. The fraction of sp³-hybridized carbons (Fsp3) is 0.350. The second kappa shape index (κ2) is 5.82. The van der Waals surface area contributed by atoms with Crippen LogP contribution < -0.4 is 0 Å². The normalized spacial score (nSPS) is 23.2. The van der Waals surface area contributed by atoms with Crippen molar-refractivity contribution in [1.82, 2.24) is 0 Å². The van der Waals surface area contributed by atoms with Gasteiger partial charge in [-0.05, 0) is 54.5 Å². The monoisotopic (exact) mass is 308 g/mol. The number of aryl methyl sites for hydroxylation is 1. The van der Waals surface area contributed by atoms with Crippen LogP contribution in [0.5, 0.6) is 0 Å².